The van der Waals surface area contributed by atoms with E-state index in [0.29, 0.717) is 23.0 Å². The maximum atomic E-state index is 11.5. The van der Waals surface area contributed by atoms with Gasteiger partial charge in [-0.05, 0) is 30.2 Å². The van der Waals surface area contributed by atoms with Crippen molar-refractivity contribution in [3.63, 3.8) is 0 Å². The Kier molecular flexibility index (Phi) is 4.49. The Hall–Kier alpha value is -2.52. The minimum Gasteiger partial charge on any atom is -0.488 e. The van der Waals surface area contributed by atoms with E-state index in [9.17, 15) is 4.79 Å². The molecule has 0 fully saturated rings. The van der Waals surface area contributed by atoms with Crippen molar-refractivity contribution in [3.8, 4) is 5.75 Å². The van der Waals surface area contributed by atoms with E-state index in [1.54, 1.807) is 12.1 Å². The third-order valence-electron chi connectivity index (χ3n) is 3.45. The van der Waals surface area contributed by atoms with E-state index >= 15 is 0 Å². The smallest absolute Gasteiger partial charge is 0.336 e. The van der Waals surface area contributed by atoms with Crippen molar-refractivity contribution in [2.45, 2.75) is 6.92 Å². The maximum absolute atomic E-state index is 11.5. The standard InChI is InChI=1S/C19H15ClO3/c1-13-10-19(21)23-17-12-18(16(20)11-15(13)17)22-9-5-8-14-6-3-2-4-7-14/h2-8,10-12H,9H2,1H3. The van der Waals surface area contributed by atoms with Gasteiger partial charge in [0, 0.05) is 17.5 Å². The average molecular weight is 327 g/mol. The molecule has 1 aromatic heterocycles. The van der Waals surface area contributed by atoms with Crippen molar-refractivity contribution < 1.29 is 9.15 Å². The monoisotopic (exact) mass is 326 g/mol. The molecule has 1 heterocycles. The Morgan fingerprint density at radius 1 is 1.17 bits per heavy atom. The first-order valence-corrected chi connectivity index (χ1v) is 7.60. The molecule has 0 saturated heterocycles. The number of hydrogen-bond donors (Lipinski definition) is 0. The van der Waals surface area contributed by atoms with Crippen LogP contribution in [0.3, 0.4) is 0 Å². The Labute approximate surface area is 138 Å². The third-order valence-corrected chi connectivity index (χ3v) is 3.74. The lowest BCUT2D eigenvalue weighted by Crippen LogP contribution is -1.99. The lowest BCUT2D eigenvalue weighted by atomic mass is 10.1. The zero-order chi connectivity index (χ0) is 16.2. The van der Waals surface area contributed by atoms with Gasteiger partial charge in [-0.15, -0.1) is 0 Å². The number of fused-ring (bicyclic) bond motifs is 1. The van der Waals surface area contributed by atoms with E-state index in [2.05, 4.69) is 0 Å². The highest BCUT2D eigenvalue weighted by molar-refractivity contribution is 6.32. The first-order valence-electron chi connectivity index (χ1n) is 7.22. The van der Waals surface area contributed by atoms with Gasteiger partial charge in [0.15, 0.2) is 0 Å². The van der Waals surface area contributed by atoms with Gasteiger partial charge in [-0.1, -0.05) is 48.0 Å². The van der Waals surface area contributed by atoms with Gasteiger partial charge in [0.05, 0.1) is 5.02 Å². The van der Waals surface area contributed by atoms with Gasteiger partial charge in [0.1, 0.15) is 17.9 Å². The van der Waals surface area contributed by atoms with Gasteiger partial charge in [-0.2, -0.15) is 0 Å². The van der Waals surface area contributed by atoms with E-state index in [4.69, 9.17) is 20.8 Å². The van der Waals surface area contributed by atoms with Gasteiger partial charge in [0.25, 0.3) is 0 Å². The van der Waals surface area contributed by atoms with E-state index in [0.717, 1.165) is 16.5 Å². The molecule has 0 saturated carbocycles. The van der Waals surface area contributed by atoms with Crippen molar-refractivity contribution in [2.24, 2.45) is 0 Å². The molecule has 0 aliphatic rings. The molecular weight excluding hydrogens is 312 g/mol. The predicted molar refractivity (Wildman–Crippen MR) is 93.2 cm³/mol. The van der Waals surface area contributed by atoms with Crippen LogP contribution in [0.1, 0.15) is 11.1 Å². The summed E-state index contributed by atoms with van der Waals surface area (Å²) in [5, 5.41) is 1.30. The molecule has 0 aliphatic heterocycles. The van der Waals surface area contributed by atoms with E-state index < -0.39 is 0 Å². The van der Waals surface area contributed by atoms with Gasteiger partial charge in [-0.25, -0.2) is 4.79 Å². The van der Waals surface area contributed by atoms with Crippen LogP contribution in [0.4, 0.5) is 0 Å². The summed E-state index contributed by atoms with van der Waals surface area (Å²) in [7, 11) is 0. The molecule has 0 unspecified atom stereocenters. The lowest BCUT2D eigenvalue weighted by Gasteiger charge is -2.08. The summed E-state index contributed by atoms with van der Waals surface area (Å²) in [6.07, 6.45) is 3.88. The number of ether oxygens (including phenoxy) is 1. The van der Waals surface area contributed by atoms with Crippen LogP contribution in [0.25, 0.3) is 17.0 Å². The van der Waals surface area contributed by atoms with E-state index in [-0.39, 0.29) is 5.63 Å². The average Bonchev–Trinajstić information content (AvgIpc) is 2.54. The minimum atomic E-state index is -0.382. The SMILES string of the molecule is Cc1cc(=O)oc2cc(OCC=Cc3ccccc3)c(Cl)cc12. The first-order chi connectivity index (χ1) is 11.1. The van der Waals surface area contributed by atoms with Crippen LogP contribution in [0.2, 0.25) is 5.02 Å². The second-order valence-electron chi connectivity index (χ2n) is 5.15. The van der Waals surface area contributed by atoms with E-state index in [1.807, 2.05) is 49.4 Å². The molecule has 0 aliphatic carbocycles. The highest BCUT2D eigenvalue weighted by Crippen LogP contribution is 2.31. The Morgan fingerprint density at radius 3 is 2.74 bits per heavy atom. The second kappa shape index (κ2) is 6.71. The summed E-state index contributed by atoms with van der Waals surface area (Å²) in [5.74, 6) is 0.491. The highest BCUT2D eigenvalue weighted by atomic mass is 35.5. The van der Waals surface area contributed by atoms with Crippen LogP contribution < -0.4 is 10.4 Å². The Balaban J connectivity index is 1.79. The van der Waals surface area contributed by atoms with Crippen LogP contribution in [0.15, 0.2) is 63.8 Å². The van der Waals surface area contributed by atoms with Gasteiger partial charge >= 0.3 is 5.63 Å². The zero-order valence-corrected chi connectivity index (χ0v) is 13.3. The van der Waals surface area contributed by atoms with Crippen molar-refractivity contribution >= 4 is 28.6 Å². The summed E-state index contributed by atoms with van der Waals surface area (Å²) < 4.78 is 10.9. The Bertz CT molecular complexity index is 911. The van der Waals surface area contributed by atoms with Crippen molar-refractivity contribution in [2.75, 3.05) is 6.61 Å². The van der Waals surface area contributed by atoms with E-state index in [1.165, 1.54) is 6.07 Å². The fourth-order valence-electron chi connectivity index (χ4n) is 2.32. The predicted octanol–water partition coefficient (Wildman–Crippen LogP) is 4.85. The van der Waals surface area contributed by atoms with Crippen LogP contribution in [-0.2, 0) is 0 Å². The number of aryl methyl sites for hydroxylation is 1. The maximum Gasteiger partial charge on any atom is 0.336 e. The normalized spacial score (nSPS) is 11.2. The second-order valence-corrected chi connectivity index (χ2v) is 5.56. The molecule has 0 amide bonds. The summed E-state index contributed by atoms with van der Waals surface area (Å²) in [6, 6.07) is 14.8. The summed E-state index contributed by atoms with van der Waals surface area (Å²) in [5.41, 5.74) is 2.02. The molecule has 0 spiro atoms. The lowest BCUT2D eigenvalue weighted by molar-refractivity contribution is 0.363. The van der Waals surface area contributed by atoms with Crippen LogP contribution >= 0.6 is 11.6 Å². The van der Waals surface area contributed by atoms with Gasteiger partial charge in [0.2, 0.25) is 0 Å². The molecular formula is C19H15ClO3. The van der Waals surface area contributed by atoms with Gasteiger partial charge in [-0.3, -0.25) is 0 Å². The minimum absolute atomic E-state index is 0.371. The molecule has 0 atom stereocenters. The molecule has 3 aromatic rings. The summed E-state index contributed by atoms with van der Waals surface area (Å²) >= 11 is 6.24. The molecule has 0 N–H and O–H groups in total. The molecule has 0 bridgehead atoms. The number of halogens is 1. The quantitative estimate of drug-likeness (QED) is 0.643. The topological polar surface area (TPSA) is 39.4 Å². The molecule has 3 nitrogen and oxygen atoms in total. The molecule has 2 aromatic carbocycles. The van der Waals surface area contributed by atoms with Gasteiger partial charge < -0.3 is 9.15 Å². The molecule has 3 rings (SSSR count). The fraction of sp³-hybridized carbons (Fsp3) is 0.105. The van der Waals surface area contributed by atoms with Crippen LogP contribution in [0.5, 0.6) is 5.75 Å². The number of rotatable bonds is 4. The highest BCUT2D eigenvalue weighted by Gasteiger charge is 2.08. The third kappa shape index (κ3) is 3.63. The Morgan fingerprint density at radius 2 is 1.96 bits per heavy atom. The molecule has 116 valence electrons. The van der Waals surface area contributed by atoms with Crippen molar-refractivity contribution in [1.82, 2.24) is 0 Å². The fourth-order valence-corrected chi connectivity index (χ4v) is 2.53. The number of hydrogen-bond acceptors (Lipinski definition) is 3. The largest absolute Gasteiger partial charge is 0.488 e. The summed E-state index contributed by atoms with van der Waals surface area (Å²) in [6.45, 7) is 2.22. The number of benzene rings is 2. The molecule has 4 heteroatoms. The van der Waals surface area contributed by atoms with Crippen LogP contribution in [-0.4, -0.2) is 6.61 Å². The summed E-state index contributed by atoms with van der Waals surface area (Å²) in [4.78, 5) is 11.5. The first kappa shape index (κ1) is 15.4. The van der Waals surface area contributed by atoms with Crippen molar-refractivity contribution in [3.05, 3.63) is 81.2 Å². The van der Waals surface area contributed by atoms with Crippen LogP contribution in [0, 0.1) is 6.92 Å². The molecule has 23 heavy (non-hydrogen) atoms. The molecule has 0 radical (unpaired) electrons. The van der Waals surface area contributed by atoms with Crippen molar-refractivity contribution in [1.29, 1.82) is 0 Å². The zero-order valence-electron chi connectivity index (χ0n) is 12.6.